The van der Waals surface area contributed by atoms with Gasteiger partial charge >= 0.3 is 7.82 Å². The van der Waals surface area contributed by atoms with Crippen molar-refractivity contribution in [1.82, 2.24) is 0 Å². The second kappa shape index (κ2) is 9.02. The molecule has 0 spiro atoms. The molecule has 0 aromatic carbocycles. The summed E-state index contributed by atoms with van der Waals surface area (Å²) in [5.74, 6) is 0. The van der Waals surface area contributed by atoms with Gasteiger partial charge in [-0.25, -0.2) is 4.57 Å². The Balaban J connectivity index is 2.08. The Labute approximate surface area is 152 Å². The number of phosphoric acid groups is 1. The van der Waals surface area contributed by atoms with Gasteiger partial charge in [-0.3, -0.25) is 4.52 Å². The lowest BCUT2D eigenvalue weighted by Crippen LogP contribution is -2.63. The second-order valence-corrected chi connectivity index (χ2v) is 7.37. The fraction of sp³-hybridized carbons (Fsp3) is 1.00. The third-order valence-corrected chi connectivity index (χ3v) is 4.68. The maximum Gasteiger partial charge on any atom is 0.469 e. The van der Waals surface area contributed by atoms with Crippen LogP contribution in [0.2, 0.25) is 0 Å². The van der Waals surface area contributed by atoms with Crippen LogP contribution in [-0.4, -0.2) is 120 Å². The molecule has 0 saturated carbocycles. The number of ether oxygens (including phenoxy) is 3. The number of aliphatic hydroxyl groups excluding tert-OH is 7. The number of hydrogen-bond donors (Lipinski definition) is 9. The molecule has 2 fully saturated rings. The van der Waals surface area contributed by atoms with Crippen LogP contribution >= 0.6 is 7.82 Å². The summed E-state index contributed by atoms with van der Waals surface area (Å²) in [6.07, 6.45) is -17.1. The van der Waals surface area contributed by atoms with E-state index >= 15 is 0 Å². The molecular weight excluding hydrogens is 399 g/mol. The van der Waals surface area contributed by atoms with Gasteiger partial charge in [0.25, 0.3) is 0 Å². The Morgan fingerprint density at radius 2 is 1.19 bits per heavy atom. The molecule has 2 rings (SSSR count). The van der Waals surface area contributed by atoms with Crippen LogP contribution in [0.5, 0.6) is 0 Å². The summed E-state index contributed by atoms with van der Waals surface area (Å²) >= 11 is 0. The Morgan fingerprint density at radius 3 is 1.63 bits per heavy atom. The van der Waals surface area contributed by atoms with E-state index < -0.39 is 82.4 Å². The van der Waals surface area contributed by atoms with Gasteiger partial charge in [0.2, 0.25) is 0 Å². The molecule has 0 amide bonds. The van der Waals surface area contributed by atoms with Crippen LogP contribution in [0.15, 0.2) is 0 Å². The first-order valence-corrected chi connectivity index (χ1v) is 9.35. The maximum atomic E-state index is 10.8. The van der Waals surface area contributed by atoms with Gasteiger partial charge in [-0.05, 0) is 0 Å². The van der Waals surface area contributed by atoms with Gasteiger partial charge in [0.1, 0.15) is 48.8 Å². The molecule has 0 aliphatic carbocycles. The van der Waals surface area contributed by atoms with Crippen LogP contribution in [0.3, 0.4) is 0 Å². The minimum atomic E-state index is -4.92. The van der Waals surface area contributed by atoms with Crippen molar-refractivity contribution in [3.63, 3.8) is 0 Å². The predicted octanol–water partition coefficient (Wildman–Crippen LogP) is -5.28. The lowest BCUT2D eigenvalue weighted by Gasteiger charge is -2.44. The highest BCUT2D eigenvalue weighted by Gasteiger charge is 2.49. The van der Waals surface area contributed by atoms with Crippen LogP contribution in [-0.2, 0) is 23.3 Å². The largest absolute Gasteiger partial charge is 0.469 e. The first kappa shape index (κ1) is 23.0. The minimum absolute atomic E-state index is 0.737. The quantitative estimate of drug-likeness (QED) is 0.182. The van der Waals surface area contributed by atoms with Gasteiger partial charge in [-0.15, -0.1) is 0 Å². The van der Waals surface area contributed by atoms with Gasteiger partial charge in [0.15, 0.2) is 12.6 Å². The Kier molecular flexibility index (Phi) is 7.68. The molecule has 160 valence electrons. The summed E-state index contributed by atoms with van der Waals surface area (Å²) in [5, 5.41) is 68.1. The third-order valence-electron chi connectivity index (χ3n) is 4.19. The molecule has 10 atom stereocenters. The van der Waals surface area contributed by atoms with Crippen LogP contribution in [0.4, 0.5) is 0 Å². The molecule has 2 saturated heterocycles. The molecule has 15 heteroatoms. The lowest BCUT2D eigenvalue weighted by atomic mass is 9.98. The highest BCUT2D eigenvalue weighted by molar-refractivity contribution is 7.46. The van der Waals surface area contributed by atoms with E-state index in [-0.39, 0.29) is 0 Å². The molecule has 14 nitrogen and oxygen atoms in total. The third kappa shape index (κ3) is 5.41. The SMILES string of the molecule is O=P(O)(O)OCC1O[C@H](O[C@H]2OC(CO)[C@@H](O)C(O)C2O)C(O)C(O)[C@@H]1O. The van der Waals surface area contributed by atoms with Crippen molar-refractivity contribution < 1.29 is 68.8 Å². The number of aliphatic hydroxyl groups is 7. The zero-order valence-electron chi connectivity index (χ0n) is 13.7. The average molecular weight is 422 g/mol. The van der Waals surface area contributed by atoms with Gasteiger partial charge in [-0.1, -0.05) is 0 Å². The highest BCUT2D eigenvalue weighted by atomic mass is 31.2. The normalized spacial score (nSPS) is 46.4. The van der Waals surface area contributed by atoms with Crippen LogP contribution in [0.1, 0.15) is 0 Å². The molecule has 0 aromatic heterocycles. The van der Waals surface area contributed by atoms with Crippen molar-refractivity contribution in [1.29, 1.82) is 0 Å². The van der Waals surface area contributed by atoms with Crippen molar-refractivity contribution in [2.24, 2.45) is 0 Å². The topological polar surface area (TPSA) is 236 Å². The first-order chi connectivity index (χ1) is 12.5. The molecular formula is C12H23O14P. The Bertz CT molecular complexity index is 526. The summed E-state index contributed by atoms with van der Waals surface area (Å²) in [6, 6.07) is 0. The summed E-state index contributed by atoms with van der Waals surface area (Å²) < 4.78 is 30.3. The smallest absolute Gasteiger partial charge is 0.394 e. The Morgan fingerprint density at radius 1 is 0.741 bits per heavy atom. The van der Waals surface area contributed by atoms with Gasteiger partial charge < -0.3 is 59.7 Å². The van der Waals surface area contributed by atoms with Crippen molar-refractivity contribution in [3.8, 4) is 0 Å². The van der Waals surface area contributed by atoms with E-state index in [0.29, 0.717) is 0 Å². The summed E-state index contributed by atoms with van der Waals surface area (Å²) in [7, 11) is -4.92. The van der Waals surface area contributed by atoms with Crippen molar-refractivity contribution in [2.45, 2.75) is 61.4 Å². The monoisotopic (exact) mass is 422 g/mol. The van der Waals surface area contributed by atoms with E-state index in [1.54, 1.807) is 0 Å². The molecule has 0 bridgehead atoms. The molecule has 0 radical (unpaired) electrons. The van der Waals surface area contributed by atoms with Crippen molar-refractivity contribution in [3.05, 3.63) is 0 Å². The lowest BCUT2D eigenvalue weighted by molar-refractivity contribution is -0.376. The highest BCUT2D eigenvalue weighted by Crippen LogP contribution is 2.37. The molecule has 27 heavy (non-hydrogen) atoms. The van der Waals surface area contributed by atoms with E-state index in [2.05, 4.69) is 4.52 Å². The van der Waals surface area contributed by atoms with Gasteiger partial charge in [0.05, 0.1) is 13.2 Å². The Hall–Kier alpha value is -0.290. The maximum absolute atomic E-state index is 10.8. The molecule has 9 N–H and O–H groups in total. The molecule has 2 aliphatic rings. The number of hydrogen-bond acceptors (Lipinski definition) is 12. The molecule has 2 heterocycles. The fourth-order valence-electron chi connectivity index (χ4n) is 2.65. The van der Waals surface area contributed by atoms with Gasteiger partial charge in [-0.2, -0.15) is 0 Å². The average Bonchev–Trinajstić information content (AvgIpc) is 2.60. The van der Waals surface area contributed by atoms with E-state index in [1.165, 1.54) is 0 Å². The zero-order chi connectivity index (χ0) is 20.5. The summed E-state index contributed by atoms with van der Waals surface area (Å²) in [4.78, 5) is 17.4. The van der Waals surface area contributed by atoms with E-state index in [1.807, 2.05) is 0 Å². The van der Waals surface area contributed by atoms with Crippen LogP contribution < -0.4 is 0 Å². The van der Waals surface area contributed by atoms with Gasteiger partial charge in [0, 0.05) is 0 Å². The zero-order valence-corrected chi connectivity index (χ0v) is 14.6. The van der Waals surface area contributed by atoms with E-state index in [9.17, 15) is 35.2 Å². The van der Waals surface area contributed by atoms with E-state index in [4.69, 9.17) is 29.1 Å². The minimum Gasteiger partial charge on any atom is -0.394 e. The molecule has 6 unspecified atom stereocenters. The number of phosphoric ester groups is 1. The standard InChI is InChI=1S/C12H23O14P/c13-1-3-5(14)7(16)9(18)11(24-3)26-12-10(19)8(17)6(15)4(25-12)2-23-27(20,21)22/h3-19H,1-2H2,(H2,20,21,22)/t3?,4?,5-,6-,7?,8?,9?,10?,11-,12-/m1/s1. The van der Waals surface area contributed by atoms with E-state index in [0.717, 1.165) is 0 Å². The second-order valence-electron chi connectivity index (χ2n) is 6.13. The molecule has 2 aliphatic heterocycles. The number of rotatable bonds is 6. The van der Waals surface area contributed by atoms with Crippen molar-refractivity contribution in [2.75, 3.05) is 13.2 Å². The summed E-state index contributed by atoms with van der Waals surface area (Å²) in [5.41, 5.74) is 0. The molecule has 0 aromatic rings. The van der Waals surface area contributed by atoms with Crippen molar-refractivity contribution >= 4 is 7.82 Å². The summed E-state index contributed by atoms with van der Waals surface area (Å²) in [6.45, 7) is -1.61. The first-order valence-electron chi connectivity index (χ1n) is 7.82. The predicted molar refractivity (Wildman–Crippen MR) is 79.5 cm³/mol. The fourth-order valence-corrected chi connectivity index (χ4v) is 2.99. The van der Waals surface area contributed by atoms with Crippen LogP contribution in [0, 0.1) is 0 Å². The van der Waals surface area contributed by atoms with Crippen LogP contribution in [0.25, 0.3) is 0 Å².